The van der Waals surface area contributed by atoms with E-state index < -0.39 is 17.6 Å². The standard InChI is InChI=1S/C26H22F3N3O/c27-26(28,29)24(33)32(17-16-23-18-30-19-31-23)25(20-10-4-1-5-11-20,21-12-6-2-7-13-21)22-14-8-3-9-15-22/h1-15,18-19H,16-17H2,(H,30,31). The number of aromatic amines is 1. The molecule has 33 heavy (non-hydrogen) atoms. The van der Waals surface area contributed by atoms with Crippen LogP contribution in [0.1, 0.15) is 22.4 Å². The predicted octanol–water partition coefficient (Wildman–Crippen LogP) is 5.34. The van der Waals surface area contributed by atoms with Crippen molar-refractivity contribution in [3.8, 4) is 0 Å². The molecule has 1 amide bonds. The van der Waals surface area contributed by atoms with Crippen molar-refractivity contribution < 1.29 is 18.0 Å². The minimum atomic E-state index is -5.06. The summed E-state index contributed by atoms with van der Waals surface area (Å²) in [7, 11) is 0. The van der Waals surface area contributed by atoms with Crippen molar-refractivity contribution >= 4 is 5.91 Å². The molecule has 4 rings (SSSR count). The van der Waals surface area contributed by atoms with Gasteiger partial charge in [-0.05, 0) is 16.7 Å². The average molecular weight is 449 g/mol. The van der Waals surface area contributed by atoms with E-state index in [0.29, 0.717) is 22.4 Å². The van der Waals surface area contributed by atoms with Gasteiger partial charge in [-0.25, -0.2) is 4.98 Å². The summed E-state index contributed by atoms with van der Waals surface area (Å²) >= 11 is 0. The van der Waals surface area contributed by atoms with Crippen molar-refractivity contribution in [1.29, 1.82) is 0 Å². The first kappa shape index (κ1) is 22.3. The van der Waals surface area contributed by atoms with Gasteiger partial charge in [0.05, 0.1) is 6.33 Å². The number of benzene rings is 3. The number of rotatable bonds is 7. The summed E-state index contributed by atoms with van der Waals surface area (Å²) in [5.41, 5.74) is 0.813. The number of carbonyl (C=O) groups excluding carboxylic acids is 1. The lowest BCUT2D eigenvalue weighted by Gasteiger charge is -2.45. The first-order valence-electron chi connectivity index (χ1n) is 10.5. The molecule has 4 aromatic rings. The number of halogens is 3. The Morgan fingerprint density at radius 1 is 0.788 bits per heavy atom. The first-order valence-corrected chi connectivity index (χ1v) is 10.5. The third-order valence-corrected chi connectivity index (χ3v) is 5.63. The van der Waals surface area contributed by atoms with E-state index in [1.807, 2.05) is 0 Å². The fourth-order valence-corrected chi connectivity index (χ4v) is 4.23. The second-order valence-electron chi connectivity index (χ2n) is 7.59. The molecule has 168 valence electrons. The second-order valence-corrected chi connectivity index (χ2v) is 7.59. The van der Waals surface area contributed by atoms with Gasteiger partial charge >= 0.3 is 12.1 Å². The fourth-order valence-electron chi connectivity index (χ4n) is 4.23. The van der Waals surface area contributed by atoms with Crippen molar-refractivity contribution in [3.05, 3.63) is 126 Å². The molecule has 0 unspecified atom stereocenters. The number of hydrogen-bond acceptors (Lipinski definition) is 2. The largest absolute Gasteiger partial charge is 0.471 e. The van der Waals surface area contributed by atoms with Crippen molar-refractivity contribution in [1.82, 2.24) is 14.9 Å². The highest BCUT2D eigenvalue weighted by Gasteiger charge is 2.52. The van der Waals surface area contributed by atoms with Crippen LogP contribution >= 0.6 is 0 Å². The number of hydrogen-bond donors (Lipinski definition) is 1. The van der Waals surface area contributed by atoms with Gasteiger partial charge in [0.25, 0.3) is 0 Å². The van der Waals surface area contributed by atoms with Gasteiger partial charge < -0.3 is 9.88 Å². The highest BCUT2D eigenvalue weighted by Crippen LogP contribution is 2.44. The van der Waals surface area contributed by atoms with Gasteiger partial charge in [0.15, 0.2) is 0 Å². The Kier molecular flexibility index (Phi) is 6.31. The Bertz CT molecular complexity index is 1070. The molecule has 0 aliphatic carbocycles. The summed E-state index contributed by atoms with van der Waals surface area (Å²) in [5.74, 6) is -1.90. The van der Waals surface area contributed by atoms with E-state index in [4.69, 9.17) is 0 Å². The molecule has 0 bridgehead atoms. The predicted molar refractivity (Wildman–Crippen MR) is 119 cm³/mol. The van der Waals surface area contributed by atoms with Gasteiger partial charge in [-0.15, -0.1) is 0 Å². The molecule has 0 aliphatic rings. The molecular weight excluding hydrogens is 427 g/mol. The van der Waals surface area contributed by atoms with E-state index in [0.717, 1.165) is 4.90 Å². The van der Waals surface area contributed by atoms with Gasteiger partial charge in [-0.3, -0.25) is 4.79 Å². The van der Waals surface area contributed by atoms with Gasteiger partial charge in [-0.2, -0.15) is 13.2 Å². The van der Waals surface area contributed by atoms with Crippen LogP contribution in [0.25, 0.3) is 0 Å². The normalized spacial score (nSPS) is 11.8. The maximum absolute atomic E-state index is 14.0. The summed E-state index contributed by atoms with van der Waals surface area (Å²) < 4.78 is 42.1. The first-order chi connectivity index (χ1) is 15.9. The smallest absolute Gasteiger partial charge is 0.348 e. The zero-order valence-corrected chi connectivity index (χ0v) is 17.7. The lowest BCUT2D eigenvalue weighted by atomic mass is 9.75. The zero-order valence-electron chi connectivity index (χ0n) is 17.7. The Balaban J connectivity index is 2.02. The molecule has 0 saturated heterocycles. The molecule has 0 atom stereocenters. The van der Waals surface area contributed by atoms with Crippen LogP contribution in [0.5, 0.6) is 0 Å². The SMILES string of the molecule is O=C(N(CCc1cnc[nH]1)C(c1ccccc1)(c1ccccc1)c1ccccc1)C(F)(F)F. The average Bonchev–Trinajstić information content (AvgIpc) is 3.36. The molecule has 0 spiro atoms. The van der Waals surface area contributed by atoms with Crippen LogP contribution in [0.3, 0.4) is 0 Å². The monoisotopic (exact) mass is 449 g/mol. The minimum Gasteiger partial charge on any atom is -0.348 e. The molecule has 0 radical (unpaired) electrons. The molecule has 1 aromatic heterocycles. The highest BCUT2D eigenvalue weighted by molar-refractivity contribution is 5.84. The third-order valence-electron chi connectivity index (χ3n) is 5.63. The van der Waals surface area contributed by atoms with E-state index >= 15 is 0 Å². The van der Waals surface area contributed by atoms with Crippen LogP contribution in [0.15, 0.2) is 104 Å². The zero-order chi connectivity index (χ0) is 23.3. The molecule has 1 N–H and O–H groups in total. The van der Waals surface area contributed by atoms with Crippen LogP contribution in [0.4, 0.5) is 13.2 Å². The summed E-state index contributed by atoms with van der Waals surface area (Å²) in [6.45, 7) is -0.181. The van der Waals surface area contributed by atoms with Crippen LogP contribution < -0.4 is 0 Å². The lowest BCUT2D eigenvalue weighted by molar-refractivity contribution is -0.189. The van der Waals surface area contributed by atoms with Gasteiger partial charge in [-0.1, -0.05) is 91.0 Å². The minimum absolute atomic E-state index is 0.177. The molecule has 0 saturated carbocycles. The highest BCUT2D eigenvalue weighted by atomic mass is 19.4. The second kappa shape index (κ2) is 9.32. The van der Waals surface area contributed by atoms with Crippen molar-refractivity contribution in [2.75, 3.05) is 6.54 Å². The Labute approximate surface area is 189 Å². The van der Waals surface area contributed by atoms with Crippen LogP contribution in [-0.4, -0.2) is 33.5 Å². The fraction of sp³-hybridized carbons (Fsp3) is 0.154. The van der Waals surface area contributed by atoms with Crippen molar-refractivity contribution in [2.24, 2.45) is 0 Å². The van der Waals surface area contributed by atoms with E-state index in [2.05, 4.69) is 9.97 Å². The molecule has 3 aromatic carbocycles. The van der Waals surface area contributed by atoms with Crippen LogP contribution in [0, 0.1) is 0 Å². The number of carbonyl (C=O) groups is 1. The van der Waals surface area contributed by atoms with Crippen LogP contribution in [0.2, 0.25) is 0 Å². The van der Waals surface area contributed by atoms with Crippen molar-refractivity contribution in [3.63, 3.8) is 0 Å². The number of alkyl halides is 3. The van der Waals surface area contributed by atoms with Gasteiger partial charge in [0, 0.05) is 24.9 Å². The van der Waals surface area contributed by atoms with Crippen LogP contribution in [-0.2, 0) is 16.8 Å². The number of nitrogens with one attached hydrogen (secondary N) is 1. The van der Waals surface area contributed by atoms with Gasteiger partial charge in [0.1, 0.15) is 5.54 Å². The maximum atomic E-state index is 14.0. The topological polar surface area (TPSA) is 49.0 Å². The summed E-state index contributed by atoms with van der Waals surface area (Å²) in [6.07, 6.45) is -1.87. The quantitative estimate of drug-likeness (QED) is 0.388. The Morgan fingerprint density at radius 3 is 1.61 bits per heavy atom. The number of amides is 1. The summed E-state index contributed by atoms with van der Waals surface area (Å²) in [5, 5.41) is 0. The van der Waals surface area contributed by atoms with E-state index in [1.54, 1.807) is 97.2 Å². The summed E-state index contributed by atoms with van der Waals surface area (Å²) in [4.78, 5) is 20.9. The Morgan fingerprint density at radius 2 is 1.24 bits per heavy atom. The molecular formula is C26H22F3N3O. The number of imidazole rings is 1. The molecule has 0 fully saturated rings. The molecule has 4 nitrogen and oxygen atoms in total. The van der Waals surface area contributed by atoms with Crippen molar-refractivity contribution in [2.45, 2.75) is 18.1 Å². The van der Waals surface area contributed by atoms with E-state index in [-0.39, 0.29) is 13.0 Å². The molecule has 7 heteroatoms. The Hall–Kier alpha value is -3.87. The molecule has 1 heterocycles. The van der Waals surface area contributed by atoms with E-state index in [1.165, 1.54) is 6.33 Å². The van der Waals surface area contributed by atoms with Gasteiger partial charge in [0.2, 0.25) is 0 Å². The maximum Gasteiger partial charge on any atom is 0.471 e. The van der Waals surface area contributed by atoms with E-state index in [9.17, 15) is 18.0 Å². The number of H-pyrrole nitrogens is 1. The lowest BCUT2D eigenvalue weighted by Crippen LogP contribution is -2.55. The molecule has 0 aliphatic heterocycles. The third kappa shape index (κ3) is 4.39. The number of nitrogens with zero attached hydrogens (tertiary/aromatic N) is 2. The summed E-state index contributed by atoms with van der Waals surface area (Å²) in [6, 6.07) is 26.5. The number of aromatic nitrogens is 2.